The summed E-state index contributed by atoms with van der Waals surface area (Å²) in [7, 11) is 0. The summed E-state index contributed by atoms with van der Waals surface area (Å²) in [6.45, 7) is 2.07. The number of nitrogens with zero attached hydrogens (tertiary/aromatic N) is 4. The summed E-state index contributed by atoms with van der Waals surface area (Å²) in [5, 5.41) is 0. The molecule has 0 N–H and O–H groups in total. The Labute approximate surface area is 140 Å². The lowest BCUT2D eigenvalue weighted by molar-refractivity contribution is -0.132. The van der Waals surface area contributed by atoms with Gasteiger partial charge in [-0.2, -0.15) is 0 Å². The maximum Gasteiger partial charge on any atom is 0.242 e. The van der Waals surface area contributed by atoms with Crippen LogP contribution in [0.25, 0.3) is 22.4 Å². The van der Waals surface area contributed by atoms with Crippen molar-refractivity contribution in [2.45, 2.75) is 25.8 Å². The predicted octanol–water partition coefficient (Wildman–Crippen LogP) is 3.11. The molecule has 0 spiro atoms. The smallest absolute Gasteiger partial charge is 0.242 e. The molecule has 0 saturated carbocycles. The van der Waals surface area contributed by atoms with Crippen LogP contribution in [0, 0.1) is 0 Å². The van der Waals surface area contributed by atoms with E-state index in [-0.39, 0.29) is 5.91 Å². The molecular formula is C19H20N4O. The molecule has 1 saturated heterocycles. The average Bonchev–Trinajstić information content (AvgIpc) is 3.02. The van der Waals surface area contributed by atoms with Gasteiger partial charge in [-0.25, -0.2) is 4.98 Å². The van der Waals surface area contributed by atoms with Crippen LogP contribution < -0.4 is 0 Å². The number of likely N-dealkylation sites (tertiary alicyclic amines) is 1. The fraction of sp³-hybridized carbons (Fsp3) is 0.316. The van der Waals surface area contributed by atoms with E-state index in [1.54, 1.807) is 12.4 Å². The first kappa shape index (κ1) is 14.9. The van der Waals surface area contributed by atoms with E-state index < -0.39 is 0 Å². The van der Waals surface area contributed by atoms with Gasteiger partial charge in [-0.3, -0.25) is 9.78 Å². The van der Waals surface area contributed by atoms with Gasteiger partial charge in [0, 0.05) is 31.0 Å². The van der Waals surface area contributed by atoms with E-state index in [0.717, 1.165) is 48.4 Å². The van der Waals surface area contributed by atoms with E-state index in [1.807, 2.05) is 45.9 Å². The largest absolute Gasteiger partial charge is 0.341 e. The predicted molar refractivity (Wildman–Crippen MR) is 93.4 cm³/mol. The number of aromatic nitrogens is 3. The molecule has 3 heterocycles. The monoisotopic (exact) mass is 320 g/mol. The SMILES string of the molecule is O=C(Cn1c(-c2ccncc2)nc2ccccc21)N1CCCCC1. The Morgan fingerprint density at radius 3 is 2.54 bits per heavy atom. The van der Waals surface area contributed by atoms with Gasteiger partial charge >= 0.3 is 0 Å². The molecule has 24 heavy (non-hydrogen) atoms. The van der Waals surface area contributed by atoms with Crippen LogP contribution in [0.4, 0.5) is 0 Å². The van der Waals surface area contributed by atoms with Crippen molar-refractivity contribution < 1.29 is 4.79 Å². The summed E-state index contributed by atoms with van der Waals surface area (Å²) in [5.41, 5.74) is 2.89. The number of carbonyl (C=O) groups is 1. The Bertz CT molecular complexity index is 850. The number of imidazole rings is 1. The summed E-state index contributed by atoms with van der Waals surface area (Å²) in [5.74, 6) is 0.997. The van der Waals surface area contributed by atoms with Gasteiger partial charge in [-0.05, 0) is 43.5 Å². The first-order valence-electron chi connectivity index (χ1n) is 8.46. The van der Waals surface area contributed by atoms with Crippen molar-refractivity contribution in [3.63, 3.8) is 0 Å². The van der Waals surface area contributed by atoms with Gasteiger partial charge in [0.1, 0.15) is 12.4 Å². The van der Waals surface area contributed by atoms with Crippen LogP contribution in [0.3, 0.4) is 0 Å². The van der Waals surface area contributed by atoms with Crippen LogP contribution in [-0.4, -0.2) is 38.4 Å². The number of piperidine rings is 1. The molecule has 1 aromatic carbocycles. The zero-order valence-electron chi connectivity index (χ0n) is 13.6. The molecule has 1 aliphatic heterocycles. The molecule has 5 heteroatoms. The molecule has 0 aliphatic carbocycles. The van der Waals surface area contributed by atoms with Crippen molar-refractivity contribution in [2.24, 2.45) is 0 Å². The van der Waals surface area contributed by atoms with Gasteiger partial charge in [-0.15, -0.1) is 0 Å². The molecule has 122 valence electrons. The van der Waals surface area contributed by atoms with Gasteiger partial charge in [0.05, 0.1) is 11.0 Å². The van der Waals surface area contributed by atoms with Crippen molar-refractivity contribution in [1.29, 1.82) is 0 Å². The van der Waals surface area contributed by atoms with Crippen molar-refractivity contribution in [3.05, 3.63) is 48.8 Å². The van der Waals surface area contributed by atoms with E-state index in [9.17, 15) is 4.79 Å². The lowest BCUT2D eigenvalue weighted by Crippen LogP contribution is -2.37. The Morgan fingerprint density at radius 2 is 1.75 bits per heavy atom. The molecule has 1 amide bonds. The minimum Gasteiger partial charge on any atom is -0.341 e. The summed E-state index contributed by atoms with van der Waals surface area (Å²) in [6, 6.07) is 11.8. The normalized spacial score (nSPS) is 14.9. The summed E-state index contributed by atoms with van der Waals surface area (Å²) < 4.78 is 2.03. The Kier molecular flexibility index (Phi) is 3.99. The third-order valence-corrected chi connectivity index (χ3v) is 4.60. The average molecular weight is 320 g/mol. The Morgan fingerprint density at radius 1 is 1.00 bits per heavy atom. The second-order valence-corrected chi connectivity index (χ2v) is 6.19. The van der Waals surface area contributed by atoms with Gasteiger partial charge in [0.2, 0.25) is 5.91 Å². The number of rotatable bonds is 3. The van der Waals surface area contributed by atoms with Crippen LogP contribution >= 0.6 is 0 Å². The number of amides is 1. The number of carbonyl (C=O) groups excluding carboxylic acids is 1. The molecule has 1 fully saturated rings. The minimum absolute atomic E-state index is 0.174. The van der Waals surface area contributed by atoms with Gasteiger partial charge < -0.3 is 9.47 Å². The lowest BCUT2D eigenvalue weighted by Gasteiger charge is -2.27. The van der Waals surface area contributed by atoms with Gasteiger partial charge in [-0.1, -0.05) is 12.1 Å². The molecule has 0 bridgehead atoms. The Balaban J connectivity index is 1.74. The highest BCUT2D eigenvalue weighted by molar-refractivity contribution is 5.84. The lowest BCUT2D eigenvalue weighted by atomic mass is 10.1. The van der Waals surface area contributed by atoms with Crippen molar-refractivity contribution >= 4 is 16.9 Å². The molecule has 0 unspecified atom stereocenters. The molecule has 0 atom stereocenters. The van der Waals surface area contributed by atoms with Crippen LogP contribution in [0.2, 0.25) is 0 Å². The quantitative estimate of drug-likeness (QED) is 0.745. The maximum atomic E-state index is 12.8. The van der Waals surface area contributed by atoms with Crippen LogP contribution in [0.5, 0.6) is 0 Å². The van der Waals surface area contributed by atoms with Crippen molar-refractivity contribution in [2.75, 3.05) is 13.1 Å². The molecule has 4 rings (SSSR count). The Hall–Kier alpha value is -2.69. The standard InChI is InChI=1S/C19H20N4O/c24-18(22-12-4-1-5-13-22)14-23-17-7-3-2-6-16(17)21-19(23)15-8-10-20-11-9-15/h2-3,6-11H,1,4-5,12-14H2. The molecule has 5 nitrogen and oxygen atoms in total. The number of fused-ring (bicyclic) bond motifs is 1. The minimum atomic E-state index is 0.174. The second kappa shape index (κ2) is 6.43. The molecular weight excluding hydrogens is 300 g/mol. The zero-order valence-corrected chi connectivity index (χ0v) is 13.6. The number of hydrogen-bond donors (Lipinski definition) is 0. The first-order chi connectivity index (χ1) is 11.8. The van der Waals surface area contributed by atoms with Crippen LogP contribution in [0.15, 0.2) is 48.8 Å². The maximum absolute atomic E-state index is 12.8. The fourth-order valence-corrected chi connectivity index (χ4v) is 3.34. The highest BCUT2D eigenvalue weighted by Gasteiger charge is 2.20. The van der Waals surface area contributed by atoms with Gasteiger partial charge in [0.25, 0.3) is 0 Å². The van der Waals surface area contributed by atoms with Crippen molar-refractivity contribution in [3.8, 4) is 11.4 Å². The summed E-state index contributed by atoms with van der Waals surface area (Å²) in [4.78, 5) is 23.6. The number of hydrogen-bond acceptors (Lipinski definition) is 3. The van der Waals surface area contributed by atoms with E-state index in [4.69, 9.17) is 4.98 Å². The topological polar surface area (TPSA) is 51.0 Å². The van der Waals surface area contributed by atoms with E-state index in [2.05, 4.69) is 4.98 Å². The highest BCUT2D eigenvalue weighted by Crippen LogP contribution is 2.24. The highest BCUT2D eigenvalue weighted by atomic mass is 16.2. The third kappa shape index (κ3) is 2.77. The zero-order chi connectivity index (χ0) is 16.4. The number of para-hydroxylation sites is 2. The van der Waals surface area contributed by atoms with E-state index in [0.29, 0.717) is 6.54 Å². The number of pyridine rings is 1. The molecule has 3 aromatic rings. The molecule has 0 radical (unpaired) electrons. The van der Waals surface area contributed by atoms with Gasteiger partial charge in [0.15, 0.2) is 0 Å². The molecule has 2 aromatic heterocycles. The summed E-state index contributed by atoms with van der Waals surface area (Å²) >= 11 is 0. The number of benzene rings is 1. The molecule has 1 aliphatic rings. The summed E-state index contributed by atoms with van der Waals surface area (Å²) in [6.07, 6.45) is 6.94. The van der Waals surface area contributed by atoms with E-state index in [1.165, 1.54) is 6.42 Å². The van der Waals surface area contributed by atoms with Crippen LogP contribution in [0.1, 0.15) is 19.3 Å². The third-order valence-electron chi connectivity index (χ3n) is 4.60. The van der Waals surface area contributed by atoms with Crippen LogP contribution in [-0.2, 0) is 11.3 Å². The first-order valence-corrected chi connectivity index (χ1v) is 8.46. The van der Waals surface area contributed by atoms with E-state index >= 15 is 0 Å². The fourth-order valence-electron chi connectivity index (χ4n) is 3.34. The second-order valence-electron chi connectivity index (χ2n) is 6.19. The van der Waals surface area contributed by atoms with Crippen molar-refractivity contribution in [1.82, 2.24) is 19.4 Å².